The average Bonchev–Trinajstić information content (AvgIpc) is 3.40. The molecule has 0 fully saturated rings. The topological polar surface area (TPSA) is 117 Å². The minimum atomic E-state index is -0.429. The number of halogens is 1. The Morgan fingerprint density at radius 1 is 1.06 bits per heavy atom. The Hall–Kier alpha value is -3.72. The Labute approximate surface area is 202 Å². The van der Waals surface area contributed by atoms with Gasteiger partial charge in [-0.25, -0.2) is 0 Å². The summed E-state index contributed by atoms with van der Waals surface area (Å²) in [6, 6.07) is 9.47. The van der Waals surface area contributed by atoms with Crippen molar-refractivity contribution in [2.45, 2.75) is 32.6 Å². The Kier molecular flexibility index (Phi) is 8.37. The first-order chi connectivity index (χ1) is 16.3. The van der Waals surface area contributed by atoms with Gasteiger partial charge in [-0.05, 0) is 54.8 Å². The molecule has 0 aliphatic heterocycles. The van der Waals surface area contributed by atoms with Crippen molar-refractivity contribution in [2.75, 3.05) is 21.9 Å². The lowest BCUT2D eigenvalue weighted by atomic mass is 10.1. The summed E-state index contributed by atoms with van der Waals surface area (Å²) >= 11 is 5.83. The number of carbonyl (C=O) groups is 3. The Balaban J connectivity index is 1.70. The standard InChI is InChI=1S/C24H28ClN5O4/c1-3-4-7-22(32)28-30-12-5-6-20(30)23(33)26-17-14-21(29(2)15-17)24(34)27-19-9-8-18(31)13-16(19)10-11-25/h5-6,8-9,12-15,31H,3-4,7,10-11H2,1-2H3,(H,26,33)(H,27,34)(H,28,32). The molecule has 9 nitrogen and oxygen atoms in total. The number of phenolic OH excluding ortho intramolecular Hbond substituents is 1. The van der Waals surface area contributed by atoms with Crippen molar-refractivity contribution in [1.82, 2.24) is 9.24 Å². The van der Waals surface area contributed by atoms with E-state index in [0.717, 1.165) is 12.8 Å². The third-order valence-electron chi connectivity index (χ3n) is 5.18. The molecule has 0 aliphatic carbocycles. The first-order valence-electron chi connectivity index (χ1n) is 11.0. The zero-order valence-electron chi connectivity index (χ0n) is 19.1. The van der Waals surface area contributed by atoms with Crippen LogP contribution in [0.15, 0.2) is 48.8 Å². The summed E-state index contributed by atoms with van der Waals surface area (Å²) in [5.74, 6) is -0.549. The zero-order valence-corrected chi connectivity index (χ0v) is 19.9. The molecule has 2 aromatic heterocycles. The van der Waals surface area contributed by atoms with Gasteiger partial charge in [0.15, 0.2) is 0 Å². The molecular formula is C24H28ClN5O4. The van der Waals surface area contributed by atoms with Crippen LogP contribution in [-0.4, -0.2) is 38.0 Å². The van der Waals surface area contributed by atoms with Gasteiger partial charge in [-0.3, -0.25) is 24.5 Å². The van der Waals surface area contributed by atoms with E-state index in [2.05, 4.69) is 16.1 Å². The van der Waals surface area contributed by atoms with E-state index < -0.39 is 5.91 Å². The maximum Gasteiger partial charge on any atom is 0.274 e. The largest absolute Gasteiger partial charge is 0.508 e. The maximum absolute atomic E-state index is 12.9. The van der Waals surface area contributed by atoms with Crippen LogP contribution in [0.2, 0.25) is 0 Å². The number of phenols is 1. The number of alkyl halides is 1. The van der Waals surface area contributed by atoms with Crippen LogP contribution in [0, 0.1) is 0 Å². The van der Waals surface area contributed by atoms with Crippen LogP contribution in [0.25, 0.3) is 0 Å². The number of anilines is 2. The molecule has 1 aromatic carbocycles. The molecule has 0 bridgehead atoms. The van der Waals surface area contributed by atoms with Crippen LogP contribution >= 0.6 is 11.6 Å². The third-order valence-corrected chi connectivity index (χ3v) is 5.37. The number of rotatable bonds is 10. The van der Waals surface area contributed by atoms with E-state index in [-0.39, 0.29) is 23.3 Å². The molecule has 2 heterocycles. The molecule has 3 rings (SSSR count). The fraction of sp³-hybridized carbons (Fsp3) is 0.292. The molecule has 0 saturated heterocycles. The van der Waals surface area contributed by atoms with Gasteiger partial charge in [0.25, 0.3) is 11.8 Å². The van der Waals surface area contributed by atoms with E-state index in [0.29, 0.717) is 41.4 Å². The number of nitrogens with zero attached hydrogens (tertiary/aromatic N) is 2. The highest BCUT2D eigenvalue weighted by Gasteiger charge is 2.17. The molecule has 0 saturated carbocycles. The summed E-state index contributed by atoms with van der Waals surface area (Å²) in [7, 11) is 1.69. The van der Waals surface area contributed by atoms with Crippen molar-refractivity contribution < 1.29 is 19.5 Å². The van der Waals surface area contributed by atoms with Crippen LogP contribution < -0.4 is 16.1 Å². The van der Waals surface area contributed by atoms with E-state index >= 15 is 0 Å². The number of hydrogen-bond donors (Lipinski definition) is 4. The molecule has 34 heavy (non-hydrogen) atoms. The number of amides is 3. The quantitative estimate of drug-likeness (QED) is 0.255. The first-order valence-corrected chi connectivity index (χ1v) is 11.5. The van der Waals surface area contributed by atoms with E-state index in [9.17, 15) is 19.5 Å². The highest BCUT2D eigenvalue weighted by Crippen LogP contribution is 2.24. The summed E-state index contributed by atoms with van der Waals surface area (Å²) in [5.41, 5.74) is 4.96. The van der Waals surface area contributed by atoms with Gasteiger partial charge >= 0.3 is 0 Å². The second-order valence-electron chi connectivity index (χ2n) is 7.82. The van der Waals surface area contributed by atoms with E-state index in [1.807, 2.05) is 6.92 Å². The number of unbranched alkanes of at least 4 members (excludes halogenated alkanes) is 1. The molecular weight excluding hydrogens is 458 g/mol. The van der Waals surface area contributed by atoms with Crippen molar-refractivity contribution in [3.8, 4) is 5.75 Å². The van der Waals surface area contributed by atoms with Gasteiger partial charge in [-0.1, -0.05) is 13.3 Å². The molecule has 180 valence electrons. The van der Waals surface area contributed by atoms with Gasteiger partial charge in [0.2, 0.25) is 5.91 Å². The van der Waals surface area contributed by atoms with Gasteiger partial charge in [-0.2, -0.15) is 0 Å². The normalized spacial score (nSPS) is 10.7. The van der Waals surface area contributed by atoms with Gasteiger partial charge < -0.3 is 20.3 Å². The molecule has 4 N–H and O–H groups in total. The SMILES string of the molecule is CCCCC(=O)Nn1cccc1C(=O)Nc1cc(C(=O)Nc2ccc(O)cc2CCCl)n(C)c1. The van der Waals surface area contributed by atoms with E-state index in [1.54, 1.807) is 54.3 Å². The Morgan fingerprint density at radius 3 is 2.56 bits per heavy atom. The average molecular weight is 486 g/mol. The van der Waals surface area contributed by atoms with Crippen LogP contribution in [0.3, 0.4) is 0 Å². The monoisotopic (exact) mass is 485 g/mol. The predicted molar refractivity (Wildman–Crippen MR) is 132 cm³/mol. The first kappa shape index (κ1) is 24.9. The lowest BCUT2D eigenvalue weighted by Crippen LogP contribution is -2.27. The summed E-state index contributed by atoms with van der Waals surface area (Å²) in [4.78, 5) is 37.7. The fourth-order valence-electron chi connectivity index (χ4n) is 3.44. The summed E-state index contributed by atoms with van der Waals surface area (Å²) in [6.45, 7) is 2.00. The Bertz CT molecular complexity index is 1180. The molecule has 0 atom stereocenters. The lowest BCUT2D eigenvalue weighted by molar-refractivity contribution is -0.117. The van der Waals surface area contributed by atoms with Crippen LogP contribution in [0.4, 0.5) is 11.4 Å². The molecule has 0 unspecified atom stereocenters. The highest BCUT2D eigenvalue weighted by atomic mass is 35.5. The number of aryl methyl sites for hydroxylation is 2. The van der Waals surface area contributed by atoms with E-state index in [1.165, 1.54) is 10.7 Å². The van der Waals surface area contributed by atoms with Gasteiger partial charge in [0.05, 0.1) is 5.69 Å². The van der Waals surface area contributed by atoms with Crippen molar-refractivity contribution >= 4 is 40.7 Å². The minimum absolute atomic E-state index is 0.0910. The highest BCUT2D eigenvalue weighted by molar-refractivity contribution is 6.18. The summed E-state index contributed by atoms with van der Waals surface area (Å²) < 4.78 is 2.98. The number of aromatic nitrogens is 2. The van der Waals surface area contributed by atoms with Crippen molar-refractivity contribution in [3.05, 3.63) is 65.7 Å². The van der Waals surface area contributed by atoms with Crippen molar-refractivity contribution in [3.63, 3.8) is 0 Å². The number of benzene rings is 1. The van der Waals surface area contributed by atoms with Gasteiger partial charge in [0, 0.05) is 37.4 Å². The lowest BCUT2D eigenvalue weighted by Gasteiger charge is -2.11. The van der Waals surface area contributed by atoms with Gasteiger partial charge in [-0.15, -0.1) is 11.6 Å². The zero-order chi connectivity index (χ0) is 24.7. The minimum Gasteiger partial charge on any atom is -0.508 e. The number of carbonyl (C=O) groups excluding carboxylic acids is 3. The van der Waals surface area contributed by atoms with Crippen molar-refractivity contribution in [1.29, 1.82) is 0 Å². The molecule has 3 amide bonds. The maximum atomic E-state index is 12.9. The van der Waals surface area contributed by atoms with Gasteiger partial charge in [0.1, 0.15) is 17.1 Å². The second-order valence-corrected chi connectivity index (χ2v) is 8.19. The summed E-state index contributed by atoms with van der Waals surface area (Å²) in [5, 5.41) is 15.3. The number of nitrogens with one attached hydrogen (secondary N) is 3. The van der Waals surface area contributed by atoms with Crippen LogP contribution in [0.5, 0.6) is 5.75 Å². The molecule has 0 aliphatic rings. The predicted octanol–water partition coefficient (Wildman–Crippen LogP) is 4.08. The number of hydrogen-bond acceptors (Lipinski definition) is 4. The second kappa shape index (κ2) is 11.4. The van der Waals surface area contributed by atoms with Crippen LogP contribution in [-0.2, 0) is 18.3 Å². The molecule has 0 radical (unpaired) electrons. The van der Waals surface area contributed by atoms with E-state index in [4.69, 9.17) is 11.6 Å². The number of aromatic hydroxyl groups is 1. The van der Waals surface area contributed by atoms with Crippen molar-refractivity contribution in [2.24, 2.45) is 7.05 Å². The summed E-state index contributed by atoms with van der Waals surface area (Å²) in [6.07, 6.45) is 5.74. The molecule has 0 spiro atoms. The molecule has 10 heteroatoms. The smallest absolute Gasteiger partial charge is 0.274 e. The molecule has 3 aromatic rings. The fourth-order valence-corrected chi connectivity index (χ4v) is 3.65. The van der Waals surface area contributed by atoms with Crippen LogP contribution in [0.1, 0.15) is 52.7 Å². The third kappa shape index (κ3) is 6.20. The Morgan fingerprint density at radius 2 is 1.82 bits per heavy atom.